The lowest BCUT2D eigenvalue weighted by Gasteiger charge is -2.10. The SMILES string of the molecule is Cc1nc(-c2ccc(Br)cn2)nc(C)c1CCCN. The molecule has 0 fully saturated rings. The summed E-state index contributed by atoms with van der Waals surface area (Å²) >= 11 is 3.37. The minimum absolute atomic E-state index is 0.680. The van der Waals surface area contributed by atoms with Crippen molar-refractivity contribution in [1.29, 1.82) is 0 Å². The van der Waals surface area contributed by atoms with Crippen LogP contribution in [0.5, 0.6) is 0 Å². The zero-order valence-corrected chi connectivity index (χ0v) is 12.7. The highest BCUT2D eigenvalue weighted by Gasteiger charge is 2.10. The van der Waals surface area contributed by atoms with Crippen LogP contribution in [0.1, 0.15) is 23.4 Å². The van der Waals surface area contributed by atoms with Crippen molar-refractivity contribution in [3.05, 3.63) is 39.8 Å². The van der Waals surface area contributed by atoms with E-state index in [4.69, 9.17) is 5.73 Å². The van der Waals surface area contributed by atoms with Gasteiger partial charge < -0.3 is 5.73 Å². The summed E-state index contributed by atoms with van der Waals surface area (Å²) in [7, 11) is 0. The number of halogens is 1. The maximum absolute atomic E-state index is 5.56. The first-order valence-electron chi connectivity index (χ1n) is 6.28. The first-order valence-corrected chi connectivity index (χ1v) is 7.07. The average Bonchev–Trinajstić information content (AvgIpc) is 2.38. The highest BCUT2D eigenvalue weighted by Crippen LogP contribution is 2.19. The van der Waals surface area contributed by atoms with Crippen LogP contribution >= 0.6 is 15.9 Å². The summed E-state index contributed by atoms with van der Waals surface area (Å²) < 4.78 is 0.948. The molecule has 0 saturated carbocycles. The normalized spacial score (nSPS) is 10.7. The predicted molar refractivity (Wildman–Crippen MR) is 79.8 cm³/mol. The monoisotopic (exact) mass is 320 g/mol. The van der Waals surface area contributed by atoms with Crippen LogP contribution in [0.4, 0.5) is 0 Å². The fourth-order valence-electron chi connectivity index (χ4n) is 2.00. The van der Waals surface area contributed by atoms with Gasteiger partial charge in [-0.2, -0.15) is 0 Å². The van der Waals surface area contributed by atoms with E-state index in [0.717, 1.165) is 34.4 Å². The number of hydrogen-bond donors (Lipinski definition) is 1. The Morgan fingerprint density at radius 3 is 2.37 bits per heavy atom. The van der Waals surface area contributed by atoms with Gasteiger partial charge in [0.1, 0.15) is 5.69 Å². The summed E-state index contributed by atoms with van der Waals surface area (Å²) in [6, 6.07) is 3.86. The van der Waals surface area contributed by atoms with Gasteiger partial charge in [-0.25, -0.2) is 9.97 Å². The molecule has 2 aromatic heterocycles. The Kier molecular flexibility index (Phi) is 4.61. The van der Waals surface area contributed by atoms with Gasteiger partial charge in [0, 0.05) is 22.1 Å². The number of aryl methyl sites for hydroxylation is 2. The Morgan fingerprint density at radius 2 is 1.84 bits per heavy atom. The lowest BCUT2D eigenvalue weighted by Crippen LogP contribution is -2.06. The minimum atomic E-state index is 0.680. The fraction of sp³-hybridized carbons (Fsp3) is 0.357. The second kappa shape index (κ2) is 6.21. The third kappa shape index (κ3) is 3.36. The first kappa shape index (κ1) is 14.1. The molecule has 0 aromatic carbocycles. The fourth-order valence-corrected chi connectivity index (χ4v) is 2.24. The van der Waals surface area contributed by atoms with Crippen LogP contribution in [0.2, 0.25) is 0 Å². The van der Waals surface area contributed by atoms with Crippen LogP contribution in [-0.2, 0) is 6.42 Å². The molecule has 4 nitrogen and oxygen atoms in total. The van der Waals surface area contributed by atoms with Crippen LogP contribution in [0.15, 0.2) is 22.8 Å². The number of hydrogen-bond acceptors (Lipinski definition) is 4. The van der Waals surface area contributed by atoms with Gasteiger partial charge in [-0.3, -0.25) is 4.98 Å². The Bertz CT molecular complexity index is 543. The summed E-state index contributed by atoms with van der Waals surface area (Å²) in [4.78, 5) is 13.4. The van der Waals surface area contributed by atoms with Gasteiger partial charge in [0.25, 0.3) is 0 Å². The molecule has 0 amide bonds. The molecule has 0 unspecified atom stereocenters. The number of pyridine rings is 1. The van der Waals surface area contributed by atoms with Crippen LogP contribution in [-0.4, -0.2) is 21.5 Å². The second-order valence-electron chi connectivity index (χ2n) is 4.45. The second-order valence-corrected chi connectivity index (χ2v) is 5.37. The van der Waals surface area contributed by atoms with E-state index in [1.807, 2.05) is 26.0 Å². The highest BCUT2D eigenvalue weighted by atomic mass is 79.9. The van der Waals surface area contributed by atoms with Crippen LogP contribution in [0.3, 0.4) is 0 Å². The van der Waals surface area contributed by atoms with Crippen molar-refractivity contribution in [3.63, 3.8) is 0 Å². The van der Waals surface area contributed by atoms with Crippen molar-refractivity contribution in [2.45, 2.75) is 26.7 Å². The molecule has 0 aliphatic rings. The summed E-state index contributed by atoms with van der Waals surface area (Å²) in [6.45, 7) is 4.72. The van der Waals surface area contributed by atoms with E-state index < -0.39 is 0 Å². The lowest BCUT2D eigenvalue weighted by atomic mass is 10.1. The summed E-state index contributed by atoms with van der Waals surface area (Å²) in [6.07, 6.45) is 3.65. The number of rotatable bonds is 4. The maximum atomic E-state index is 5.56. The molecular formula is C14H17BrN4. The molecule has 0 atom stereocenters. The molecule has 2 heterocycles. The van der Waals surface area contributed by atoms with Crippen LogP contribution in [0.25, 0.3) is 11.5 Å². The van der Waals surface area contributed by atoms with E-state index in [1.54, 1.807) is 6.20 Å². The molecular weight excluding hydrogens is 304 g/mol. The number of nitrogens with zero attached hydrogens (tertiary/aromatic N) is 3. The Morgan fingerprint density at radius 1 is 1.16 bits per heavy atom. The molecule has 0 spiro atoms. The Hall–Kier alpha value is -1.33. The van der Waals surface area contributed by atoms with E-state index in [2.05, 4.69) is 30.9 Å². The van der Waals surface area contributed by atoms with Gasteiger partial charge in [-0.15, -0.1) is 0 Å². The predicted octanol–water partition coefficient (Wildman–Crippen LogP) is 2.81. The van der Waals surface area contributed by atoms with E-state index >= 15 is 0 Å². The molecule has 0 bridgehead atoms. The van der Waals surface area contributed by atoms with Gasteiger partial charge in [-0.05, 0) is 66.9 Å². The van der Waals surface area contributed by atoms with Crippen molar-refractivity contribution < 1.29 is 0 Å². The van der Waals surface area contributed by atoms with Gasteiger partial charge in [-0.1, -0.05) is 0 Å². The van der Waals surface area contributed by atoms with Gasteiger partial charge in [0.05, 0.1) is 0 Å². The third-order valence-electron chi connectivity index (χ3n) is 3.01. The van der Waals surface area contributed by atoms with Crippen molar-refractivity contribution in [3.8, 4) is 11.5 Å². The Balaban J connectivity index is 2.36. The molecule has 0 radical (unpaired) electrons. The molecule has 5 heteroatoms. The zero-order valence-electron chi connectivity index (χ0n) is 11.2. The van der Waals surface area contributed by atoms with Gasteiger partial charge >= 0.3 is 0 Å². The maximum Gasteiger partial charge on any atom is 0.178 e. The molecule has 2 N–H and O–H groups in total. The van der Waals surface area contributed by atoms with E-state index in [0.29, 0.717) is 12.4 Å². The van der Waals surface area contributed by atoms with Gasteiger partial charge in [0.2, 0.25) is 0 Å². The van der Waals surface area contributed by atoms with E-state index in [1.165, 1.54) is 5.56 Å². The Labute approximate surface area is 121 Å². The average molecular weight is 321 g/mol. The lowest BCUT2D eigenvalue weighted by molar-refractivity contribution is 0.805. The van der Waals surface area contributed by atoms with Crippen molar-refractivity contribution in [1.82, 2.24) is 15.0 Å². The van der Waals surface area contributed by atoms with Crippen LogP contribution < -0.4 is 5.73 Å². The smallest absolute Gasteiger partial charge is 0.178 e. The van der Waals surface area contributed by atoms with Crippen molar-refractivity contribution >= 4 is 15.9 Å². The number of aromatic nitrogens is 3. The van der Waals surface area contributed by atoms with E-state index in [9.17, 15) is 0 Å². The molecule has 100 valence electrons. The van der Waals surface area contributed by atoms with Crippen LogP contribution in [0, 0.1) is 13.8 Å². The largest absolute Gasteiger partial charge is 0.330 e. The zero-order chi connectivity index (χ0) is 13.8. The topological polar surface area (TPSA) is 64.7 Å². The molecule has 0 aliphatic heterocycles. The first-order chi connectivity index (χ1) is 9.11. The molecule has 2 rings (SSSR count). The highest BCUT2D eigenvalue weighted by molar-refractivity contribution is 9.10. The third-order valence-corrected chi connectivity index (χ3v) is 3.48. The van der Waals surface area contributed by atoms with Crippen molar-refractivity contribution in [2.75, 3.05) is 6.54 Å². The number of nitrogens with two attached hydrogens (primary N) is 1. The van der Waals surface area contributed by atoms with E-state index in [-0.39, 0.29) is 0 Å². The summed E-state index contributed by atoms with van der Waals surface area (Å²) in [5.41, 5.74) is 9.58. The minimum Gasteiger partial charge on any atom is -0.330 e. The molecule has 2 aromatic rings. The summed E-state index contributed by atoms with van der Waals surface area (Å²) in [5, 5.41) is 0. The van der Waals surface area contributed by atoms with Crippen molar-refractivity contribution in [2.24, 2.45) is 5.73 Å². The summed E-state index contributed by atoms with van der Waals surface area (Å²) in [5.74, 6) is 0.680. The molecule has 19 heavy (non-hydrogen) atoms. The molecule has 0 aliphatic carbocycles. The molecule has 0 saturated heterocycles. The standard InChI is InChI=1S/C14H17BrN4/c1-9-12(4-3-7-16)10(2)19-14(18-9)13-6-5-11(15)8-17-13/h5-6,8H,3-4,7,16H2,1-2H3. The van der Waals surface area contributed by atoms with Gasteiger partial charge in [0.15, 0.2) is 5.82 Å². The quantitative estimate of drug-likeness (QED) is 0.940.